The molecule has 88 valence electrons. The molecule has 0 unspecified atom stereocenters. The highest BCUT2D eigenvalue weighted by Crippen LogP contribution is 2.27. The molecule has 1 aliphatic rings. The first-order valence-electron chi connectivity index (χ1n) is 6.82. The van der Waals surface area contributed by atoms with Gasteiger partial charge in [-0.3, -0.25) is 0 Å². The normalized spacial score (nSPS) is 17.6. The summed E-state index contributed by atoms with van der Waals surface area (Å²) in [5.41, 5.74) is 4.40. The van der Waals surface area contributed by atoms with E-state index >= 15 is 0 Å². The molecule has 2 rings (SSSR count). The minimum Gasteiger partial charge on any atom is -0.0588 e. The lowest BCUT2D eigenvalue weighted by Gasteiger charge is -2.21. The fourth-order valence-corrected chi connectivity index (χ4v) is 2.81. The van der Waals surface area contributed by atoms with Gasteiger partial charge in [-0.15, -0.1) is 0 Å². The van der Waals surface area contributed by atoms with Crippen LogP contribution >= 0.6 is 0 Å². The van der Waals surface area contributed by atoms with Crippen LogP contribution in [-0.4, -0.2) is 0 Å². The van der Waals surface area contributed by atoms with Crippen LogP contribution in [0.15, 0.2) is 18.2 Å². The fraction of sp³-hybridized carbons (Fsp3) is 0.625. The Labute approximate surface area is 100 Å². The van der Waals surface area contributed by atoms with E-state index in [1.165, 1.54) is 61.6 Å². The molecule has 0 heterocycles. The highest BCUT2D eigenvalue weighted by molar-refractivity contribution is 5.29. The molecule has 0 spiro atoms. The maximum Gasteiger partial charge on any atom is -0.0276 e. The van der Waals surface area contributed by atoms with E-state index in [1.807, 2.05) is 0 Å². The molecule has 1 aromatic rings. The van der Waals surface area contributed by atoms with Crippen LogP contribution in [0.2, 0.25) is 0 Å². The summed E-state index contributed by atoms with van der Waals surface area (Å²) < 4.78 is 0. The third kappa shape index (κ3) is 3.10. The zero-order chi connectivity index (χ0) is 11.4. The first kappa shape index (κ1) is 11.7. The van der Waals surface area contributed by atoms with Crippen LogP contribution in [0, 0.1) is 19.8 Å². The maximum atomic E-state index is 2.37. The monoisotopic (exact) mass is 216 g/mol. The Balaban J connectivity index is 1.86. The molecule has 1 aliphatic carbocycles. The summed E-state index contributed by atoms with van der Waals surface area (Å²) in [6.07, 6.45) is 10.1. The van der Waals surface area contributed by atoms with Crippen LogP contribution in [0.1, 0.15) is 55.2 Å². The van der Waals surface area contributed by atoms with E-state index in [9.17, 15) is 0 Å². The Morgan fingerprint density at radius 1 is 1.00 bits per heavy atom. The highest BCUT2D eigenvalue weighted by Gasteiger charge is 2.12. The molecular formula is C16H24. The molecule has 0 atom stereocenters. The van der Waals surface area contributed by atoms with Crippen molar-refractivity contribution in [3.05, 3.63) is 34.9 Å². The summed E-state index contributed by atoms with van der Waals surface area (Å²) in [5, 5.41) is 0. The highest BCUT2D eigenvalue weighted by atomic mass is 14.2. The van der Waals surface area contributed by atoms with Crippen LogP contribution < -0.4 is 0 Å². The molecular weight excluding hydrogens is 192 g/mol. The van der Waals surface area contributed by atoms with Gasteiger partial charge in [0.2, 0.25) is 0 Å². The minimum absolute atomic E-state index is 1.01. The Kier molecular flexibility index (Phi) is 4.04. The number of hydrogen-bond donors (Lipinski definition) is 0. The second-order valence-electron chi connectivity index (χ2n) is 5.46. The van der Waals surface area contributed by atoms with E-state index in [4.69, 9.17) is 0 Å². The third-order valence-electron chi connectivity index (χ3n) is 4.14. The van der Waals surface area contributed by atoms with Gasteiger partial charge in [0, 0.05) is 0 Å². The third-order valence-corrected chi connectivity index (χ3v) is 4.14. The molecule has 1 saturated carbocycles. The van der Waals surface area contributed by atoms with E-state index in [2.05, 4.69) is 32.0 Å². The fourth-order valence-electron chi connectivity index (χ4n) is 2.81. The summed E-state index contributed by atoms with van der Waals surface area (Å²) in [4.78, 5) is 0. The van der Waals surface area contributed by atoms with E-state index in [1.54, 1.807) is 0 Å². The van der Waals surface area contributed by atoms with Gasteiger partial charge < -0.3 is 0 Å². The summed E-state index contributed by atoms with van der Waals surface area (Å²) in [5.74, 6) is 1.01. The first-order valence-corrected chi connectivity index (χ1v) is 6.82. The van der Waals surface area contributed by atoms with E-state index in [-0.39, 0.29) is 0 Å². The average molecular weight is 216 g/mol. The second-order valence-corrected chi connectivity index (χ2v) is 5.46. The van der Waals surface area contributed by atoms with Gasteiger partial charge >= 0.3 is 0 Å². The van der Waals surface area contributed by atoms with E-state index in [0.717, 1.165) is 5.92 Å². The number of rotatable bonds is 3. The van der Waals surface area contributed by atoms with Crippen LogP contribution in [0.5, 0.6) is 0 Å². The molecule has 1 fully saturated rings. The lowest BCUT2D eigenvalue weighted by molar-refractivity contribution is 0.339. The molecule has 0 nitrogen and oxygen atoms in total. The summed E-state index contributed by atoms with van der Waals surface area (Å²) in [6, 6.07) is 6.95. The molecule has 0 saturated heterocycles. The Hall–Kier alpha value is -0.780. The number of benzene rings is 1. The SMILES string of the molecule is Cc1ccc(CCC2CCCCC2)cc1C. The van der Waals surface area contributed by atoms with Gasteiger partial charge in [-0.25, -0.2) is 0 Å². The molecule has 0 aromatic heterocycles. The van der Waals surface area contributed by atoms with Crippen molar-refractivity contribution in [2.45, 2.75) is 58.8 Å². The smallest absolute Gasteiger partial charge is 0.0276 e. The molecule has 0 amide bonds. The average Bonchev–Trinajstić information content (AvgIpc) is 2.32. The molecule has 0 aliphatic heterocycles. The van der Waals surface area contributed by atoms with E-state index < -0.39 is 0 Å². The van der Waals surface area contributed by atoms with E-state index in [0.29, 0.717) is 0 Å². The van der Waals surface area contributed by atoms with Crippen LogP contribution in [0.3, 0.4) is 0 Å². The van der Waals surface area contributed by atoms with Crippen molar-refractivity contribution in [3.63, 3.8) is 0 Å². The van der Waals surface area contributed by atoms with Gasteiger partial charge in [-0.1, -0.05) is 50.3 Å². The van der Waals surface area contributed by atoms with Crippen LogP contribution in [-0.2, 0) is 6.42 Å². The maximum absolute atomic E-state index is 2.37. The molecule has 0 bridgehead atoms. The zero-order valence-corrected chi connectivity index (χ0v) is 10.8. The lowest BCUT2D eigenvalue weighted by Crippen LogP contribution is -2.07. The quantitative estimate of drug-likeness (QED) is 0.679. The van der Waals surface area contributed by atoms with Crippen molar-refractivity contribution in [2.24, 2.45) is 5.92 Å². The van der Waals surface area contributed by atoms with Gasteiger partial charge in [0.1, 0.15) is 0 Å². The minimum atomic E-state index is 1.01. The van der Waals surface area contributed by atoms with Gasteiger partial charge in [0.05, 0.1) is 0 Å². The molecule has 16 heavy (non-hydrogen) atoms. The standard InChI is InChI=1S/C16H24/c1-13-8-9-16(12-14(13)2)11-10-15-6-4-3-5-7-15/h8-9,12,15H,3-7,10-11H2,1-2H3. The van der Waals surface area contributed by atoms with Gasteiger partial charge in [0.15, 0.2) is 0 Å². The van der Waals surface area contributed by atoms with Crippen LogP contribution in [0.4, 0.5) is 0 Å². The van der Waals surface area contributed by atoms with Gasteiger partial charge in [0.25, 0.3) is 0 Å². The predicted octanol–water partition coefficient (Wildman–Crippen LogP) is 4.82. The largest absolute Gasteiger partial charge is 0.0588 e. The Morgan fingerprint density at radius 2 is 1.75 bits per heavy atom. The van der Waals surface area contributed by atoms with Crippen molar-refractivity contribution >= 4 is 0 Å². The first-order chi connectivity index (χ1) is 7.75. The molecule has 0 radical (unpaired) electrons. The Morgan fingerprint density at radius 3 is 2.44 bits per heavy atom. The molecule has 0 N–H and O–H groups in total. The molecule has 1 aromatic carbocycles. The summed E-state index contributed by atoms with van der Waals surface area (Å²) in [7, 11) is 0. The molecule has 0 heteroatoms. The predicted molar refractivity (Wildman–Crippen MR) is 70.8 cm³/mol. The topological polar surface area (TPSA) is 0 Å². The van der Waals surface area contributed by atoms with Gasteiger partial charge in [-0.05, 0) is 49.3 Å². The Bertz CT molecular complexity index is 332. The summed E-state index contributed by atoms with van der Waals surface area (Å²) in [6.45, 7) is 4.42. The van der Waals surface area contributed by atoms with Crippen molar-refractivity contribution in [1.82, 2.24) is 0 Å². The number of hydrogen-bond acceptors (Lipinski definition) is 0. The zero-order valence-electron chi connectivity index (χ0n) is 10.8. The van der Waals surface area contributed by atoms with Crippen molar-refractivity contribution in [3.8, 4) is 0 Å². The summed E-state index contributed by atoms with van der Waals surface area (Å²) >= 11 is 0. The van der Waals surface area contributed by atoms with Crippen LogP contribution in [0.25, 0.3) is 0 Å². The van der Waals surface area contributed by atoms with Gasteiger partial charge in [-0.2, -0.15) is 0 Å². The van der Waals surface area contributed by atoms with Crippen molar-refractivity contribution in [2.75, 3.05) is 0 Å². The second kappa shape index (κ2) is 5.52. The number of aryl methyl sites for hydroxylation is 3. The van der Waals surface area contributed by atoms with Crippen molar-refractivity contribution in [1.29, 1.82) is 0 Å². The van der Waals surface area contributed by atoms with Crippen molar-refractivity contribution < 1.29 is 0 Å². The lowest BCUT2D eigenvalue weighted by atomic mass is 9.85.